The van der Waals surface area contributed by atoms with Gasteiger partial charge in [-0.15, -0.1) is 6.58 Å². The molecule has 1 fully saturated rings. The summed E-state index contributed by atoms with van der Waals surface area (Å²) in [5.41, 5.74) is -1.02. The van der Waals surface area contributed by atoms with E-state index in [9.17, 15) is 5.11 Å². The van der Waals surface area contributed by atoms with Gasteiger partial charge in [0.25, 0.3) is 8.32 Å². The molecule has 1 saturated heterocycles. The van der Waals surface area contributed by atoms with Crippen LogP contribution in [0.1, 0.15) is 27.2 Å². The van der Waals surface area contributed by atoms with E-state index in [1.165, 1.54) is 10.4 Å². The molecule has 1 aliphatic rings. The highest BCUT2D eigenvalue weighted by Crippen LogP contribution is 2.38. The van der Waals surface area contributed by atoms with Gasteiger partial charge in [-0.3, -0.25) is 0 Å². The average Bonchev–Trinajstić information content (AvgIpc) is 3.04. The van der Waals surface area contributed by atoms with Gasteiger partial charge in [0.1, 0.15) is 11.7 Å². The summed E-state index contributed by atoms with van der Waals surface area (Å²) in [5, 5.41) is 13.1. The Labute approximate surface area is 163 Å². The molecular weight excluding hydrogens is 352 g/mol. The summed E-state index contributed by atoms with van der Waals surface area (Å²) < 4.78 is 12.7. The third-order valence-corrected chi connectivity index (χ3v) is 10.6. The molecule has 0 bridgehead atoms. The Morgan fingerprint density at radius 3 is 2.07 bits per heavy atom. The van der Waals surface area contributed by atoms with E-state index in [-0.39, 0.29) is 5.04 Å². The van der Waals surface area contributed by atoms with Gasteiger partial charge in [0.15, 0.2) is 0 Å². The van der Waals surface area contributed by atoms with Crippen LogP contribution in [0.2, 0.25) is 5.04 Å². The summed E-state index contributed by atoms with van der Waals surface area (Å²) in [6, 6.07) is 21.0. The van der Waals surface area contributed by atoms with Crippen molar-refractivity contribution in [2.75, 3.05) is 13.2 Å². The molecule has 0 saturated carbocycles. The highest BCUT2D eigenvalue weighted by Gasteiger charge is 2.51. The molecule has 0 aliphatic carbocycles. The van der Waals surface area contributed by atoms with Crippen LogP contribution in [0.15, 0.2) is 73.3 Å². The zero-order chi connectivity index (χ0) is 19.5. The zero-order valence-electron chi connectivity index (χ0n) is 16.5. The molecule has 144 valence electrons. The lowest BCUT2D eigenvalue weighted by molar-refractivity contribution is -0.0299. The van der Waals surface area contributed by atoms with Gasteiger partial charge in [-0.2, -0.15) is 0 Å². The van der Waals surface area contributed by atoms with Gasteiger partial charge >= 0.3 is 0 Å². The van der Waals surface area contributed by atoms with Gasteiger partial charge in [0.05, 0.1) is 13.2 Å². The first-order valence-electron chi connectivity index (χ1n) is 9.56. The molecule has 4 heteroatoms. The van der Waals surface area contributed by atoms with Gasteiger partial charge in [0.2, 0.25) is 0 Å². The lowest BCUT2D eigenvalue weighted by Crippen LogP contribution is -2.67. The molecule has 27 heavy (non-hydrogen) atoms. The fourth-order valence-corrected chi connectivity index (χ4v) is 8.62. The van der Waals surface area contributed by atoms with E-state index in [1.54, 1.807) is 6.08 Å². The van der Waals surface area contributed by atoms with Crippen LogP contribution in [0.5, 0.6) is 0 Å². The van der Waals surface area contributed by atoms with Crippen molar-refractivity contribution in [1.82, 2.24) is 0 Å². The molecule has 1 aliphatic heterocycles. The second kappa shape index (κ2) is 7.72. The van der Waals surface area contributed by atoms with Crippen molar-refractivity contribution in [1.29, 1.82) is 0 Å². The molecular formula is C23H30O3Si. The molecule has 0 unspecified atom stereocenters. The van der Waals surface area contributed by atoms with Crippen molar-refractivity contribution < 1.29 is 14.3 Å². The molecule has 0 spiro atoms. The summed E-state index contributed by atoms with van der Waals surface area (Å²) >= 11 is 0. The minimum absolute atomic E-state index is 0.0966. The largest absolute Gasteiger partial charge is 0.405 e. The van der Waals surface area contributed by atoms with E-state index < -0.39 is 20.0 Å². The monoisotopic (exact) mass is 382 g/mol. The van der Waals surface area contributed by atoms with Gasteiger partial charge in [-0.25, -0.2) is 0 Å². The Kier molecular flexibility index (Phi) is 5.73. The minimum Gasteiger partial charge on any atom is -0.405 e. The Hall–Kier alpha value is -1.72. The summed E-state index contributed by atoms with van der Waals surface area (Å²) in [6.45, 7) is 11.4. The van der Waals surface area contributed by atoms with Gasteiger partial charge < -0.3 is 14.3 Å². The lowest BCUT2D eigenvalue weighted by atomic mass is 9.96. The number of benzene rings is 2. The topological polar surface area (TPSA) is 38.7 Å². The van der Waals surface area contributed by atoms with Crippen molar-refractivity contribution >= 4 is 18.7 Å². The highest BCUT2D eigenvalue weighted by atomic mass is 28.4. The third kappa shape index (κ3) is 3.67. The van der Waals surface area contributed by atoms with E-state index in [2.05, 4.69) is 75.9 Å². The van der Waals surface area contributed by atoms with Crippen molar-refractivity contribution in [3.8, 4) is 0 Å². The molecule has 3 nitrogen and oxygen atoms in total. The van der Waals surface area contributed by atoms with E-state index in [0.29, 0.717) is 19.6 Å². The standard InChI is InChI=1S/C23H30O3Si/c1-5-23(24)16-17-25-21(23)18-26-27(22(2,3)4,19-12-8-6-9-13-19)20-14-10-7-11-15-20/h5-15,21,24H,1,16-18H2,2-4H3/t21-,23-/m1/s1. The fraction of sp³-hybridized carbons (Fsp3) is 0.391. The number of hydrogen-bond donors (Lipinski definition) is 1. The van der Waals surface area contributed by atoms with Crippen molar-refractivity contribution in [2.45, 2.75) is 43.9 Å². The first-order chi connectivity index (χ1) is 12.8. The fourth-order valence-electron chi connectivity index (χ4n) is 4.06. The maximum Gasteiger partial charge on any atom is 0.261 e. The van der Waals surface area contributed by atoms with Gasteiger partial charge in [-0.1, -0.05) is 87.5 Å². The zero-order valence-corrected chi connectivity index (χ0v) is 17.5. The second-order valence-electron chi connectivity index (χ2n) is 8.28. The van der Waals surface area contributed by atoms with Gasteiger partial charge in [-0.05, 0) is 15.4 Å². The molecule has 1 heterocycles. The maximum absolute atomic E-state index is 10.8. The molecule has 0 radical (unpaired) electrons. The number of aliphatic hydroxyl groups is 1. The Bertz CT molecular complexity index is 715. The summed E-state index contributed by atoms with van der Waals surface area (Å²) in [6.07, 6.45) is 1.77. The quantitative estimate of drug-likeness (QED) is 0.616. The second-order valence-corrected chi connectivity index (χ2v) is 12.6. The van der Waals surface area contributed by atoms with Crippen LogP contribution in [0.25, 0.3) is 0 Å². The highest BCUT2D eigenvalue weighted by molar-refractivity contribution is 6.99. The summed E-state index contributed by atoms with van der Waals surface area (Å²) in [5.74, 6) is 0. The predicted molar refractivity (Wildman–Crippen MR) is 113 cm³/mol. The summed E-state index contributed by atoms with van der Waals surface area (Å²) in [4.78, 5) is 0. The van der Waals surface area contributed by atoms with E-state index in [0.717, 1.165) is 0 Å². The van der Waals surface area contributed by atoms with E-state index in [4.69, 9.17) is 9.16 Å². The normalized spacial score (nSPS) is 23.3. The minimum atomic E-state index is -2.62. The van der Waals surface area contributed by atoms with Gasteiger partial charge in [0, 0.05) is 6.42 Å². The molecule has 3 rings (SSSR count). The maximum atomic E-state index is 10.8. The first-order valence-corrected chi connectivity index (χ1v) is 11.5. The van der Waals surface area contributed by atoms with Crippen LogP contribution in [-0.4, -0.2) is 38.3 Å². The van der Waals surface area contributed by atoms with Crippen molar-refractivity contribution in [3.63, 3.8) is 0 Å². The van der Waals surface area contributed by atoms with Crippen LogP contribution in [0.3, 0.4) is 0 Å². The van der Waals surface area contributed by atoms with Crippen LogP contribution in [0, 0.1) is 0 Å². The first kappa shape index (κ1) is 20.0. The third-order valence-electron chi connectivity index (χ3n) is 5.60. The smallest absolute Gasteiger partial charge is 0.261 e. The SMILES string of the molecule is C=C[C@@]1(O)CCO[C@@H]1CO[Si](c1ccccc1)(c1ccccc1)C(C)(C)C. The average molecular weight is 383 g/mol. The Balaban J connectivity index is 2.06. The van der Waals surface area contributed by atoms with Crippen LogP contribution in [0.4, 0.5) is 0 Å². The van der Waals surface area contributed by atoms with Crippen LogP contribution in [-0.2, 0) is 9.16 Å². The van der Waals surface area contributed by atoms with E-state index >= 15 is 0 Å². The summed E-state index contributed by atoms with van der Waals surface area (Å²) in [7, 11) is -2.62. The molecule has 2 aromatic carbocycles. The molecule has 1 N–H and O–H groups in total. The van der Waals surface area contributed by atoms with E-state index in [1.807, 2.05) is 12.1 Å². The molecule has 0 aromatic heterocycles. The van der Waals surface area contributed by atoms with Crippen LogP contribution >= 0.6 is 0 Å². The Morgan fingerprint density at radius 1 is 1.11 bits per heavy atom. The number of rotatable bonds is 6. The van der Waals surface area contributed by atoms with Crippen molar-refractivity contribution in [2.24, 2.45) is 0 Å². The number of hydrogen-bond acceptors (Lipinski definition) is 3. The molecule has 2 atom stereocenters. The van der Waals surface area contributed by atoms with Crippen molar-refractivity contribution in [3.05, 3.63) is 73.3 Å². The number of ether oxygens (including phenoxy) is 1. The van der Waals surface area contributed by atoms with Crippen LogP contribution < -0.4 is 10.4 Å². The molecule has 2 aromatic rings. The predicted octanol–water partition coefficient (Wildman–Crippen LogP) is 3.27. The molecule has 0 amide bonds. The Morgan fingerprint density at radius 2 is 1.63 bits per heavy atom. The lowest BCUT2D eigenvalue weighted by Gasteiger charge is -2.44.